The topological polar surface area (TPSA) is 0 Å². The van der Waals surface area contributed by atoms with Crippen molar-refractivity contribution in [1.82, 2.24) is 0 Å². The first-order chi connectivity index (χ1) is 16.4. The summed E-state index contributed by atoms with van der Waals surface area (Å²) in [6.45, 7) is 16.1. The minimum absolute atomic E-state index is 0.0691. The standard InChI is InChI=1S/C32H37.2ClH.Zr/c1-8-12-23-15-16-24-17-25(22-13-10-9-11-14-22)20-29(24)30(23)26-18-27(31(2,3)4)21-28(19-26)32(5,6)7;;;/h9-11,13-21H,8,12H2,1-7H3;2*1H;/q;;;+2/p-2. The van der Waals surface area contributed by atoms with Gasteiger partial charge in [0.15, 0.2) is 0 Å². The van der Waals surface area contributed by atoms with Crippen LogP contribution in [0.25, 0.3) is 22.8 Å². The molecule has 0 saturated carbocycles. The number of aryl methyl sites for hydroxylation is 1. The molecule has 0 aromatic heterocycles. The number of rotatable bonds is 5. The van der Waals surface area contributed by atoms with E-state index in [1.165, 1.54) is 50.1 Å². The Morgan fingerprint density at radius 3 is 1.89 bits per heavy atom. The number of hydrogen-bond donors (Lipinski definition) is 0. The summed E-state index contributed by atoms with van der Waals surface area (Å²) in [5.74, 6) is 0. The molecule has 183 valence electrons. The zero-order valence-corrected chi connectivity index (χ0v) is 26.1. The Kier molecular flexibility index (Phi) is 7.93. The van der Waals surface area contributed by atoms with Crippen molar-refractivity contribution < 1.29 is 19.4 Å². The van der Waals surface area contributed by atoms with E-state index in [0.717, 1.165) is 12.8 Å². The third-order valence-corrected chi connectivity index (χ3v) is 12.3. The van der Waals surface area contributed by atoms with E-state index >= 15 is 0 Å². The molecule has 0 heterocycles. The van der Waals surface area contributed by atoms with Crippen LogP contribution in [0.4, 0.5) is 0 Å². The Labute approximate surface area is 227 Å². The van der Waals surface area contributed by atoms with Crippen molar-refractivity contribution in [2.75, 3.05) is 0 Å². The number of fused-ring (bicyclic) bond motifs is 1. The summed E-state index contributed by atoms with van der Waals surface area (Å²) in [4.78, 5) is 0. The quantitative estimate of drug-likeness (QED) is 0.280. The van der Waals surface area contributed by atoms with Crippen LogP contribution < -0.4 is 0 Å². The van der Waals surface area contributed by atoms with Crippen LogP contribution in [0, 0.1) is 0 Å². The predicted molar refractivity (Wildman–Crippen MR) is 152 cm³/mol. The van der Waals surface area contributed by atoms with E-state index in [2.05, 4.69) is 115 Å². The molecule has 4 rings (SSSR count). The Morgan fingerprint density at radius 2 is 1.37 bits per heavy atom. The van der Waals surface area contributed by atoms with E-state index in [9.17, 15) is 0 Å². The van der Waals surface area contributed by atoms with Crippen LogP contribution in [0.3, 0.4) is 0 Å². The summed E-state index contributed by atoms with van der Waals surface area (Å²) >= 11 is -2.66. The zero-order chi connectivity index (χ0) is 25.5. The van der Waals surface area contributed by atoms with Crippen LogP contribution in [-0.2, 0) is 36.6 Å². The summed E-state index contributed by atoms with van der Waals surface area (Å²) in [5, 5.41) is 0. The van der Waals surface area contributed by atoms with Crippen LogP contribution in [0.1, 0.15) is 91.9 Å². The average molecular weight is 584 g/mol. The summed E-state index contributed by atoms with van der Waals surface area (Å²) < 4.78 is 0.153. The summed E-state index contributed by atoms with van der Waals surface area (Å²) in [6, 6.07) is 22.6. The number of benzene rings is 3. The molecule has 1 aliphatic rings. The van der Waals surface area contributed by atoms with Gasteiger partial charge < -0.3 is 0 Å². The van der Waals surface area contributed by atoms with Crippen molar-refractivity contribution in [2.45, 2.75) is 75.8 Å². The van der Waals surface area contributed by atoms with Gasteiger partial charge in [0, 0.05) is 0 Å². The van der Waals surface area contributed by atoms with E-state index < -0.39 is 19.4 Å². The fourth-order valence-electron chi connectivity index (χ4n) is 5.07. The molecule has 1 atom stereocenters. The van der Waals surface area contributed by atoms with E-state index in [1.807, 2.05) is 0 Å². The molecule has 35 heavy (non-hydrogen) atoms. The molecule has 1 aliphatic carbocycles. The average Bonchev–Trinajstić information content (AvgIpc) is 3.18. The number of hydrogen-bond acceptors (Lipinski definition) is 0. The van der Waals surface area contributed by atoms with Gasteiger partial charge in [0.2, 0.25) is 0 Å². The van der Waals surface area contributed by atoms with Gasteiger partial charge in [0.05, 0.1) is 0 Å². The first-order valence-corrected chi connectivity index (χ1v) is 20.4. The first kappa shape index (κ1) is 26.9. The Bertz CT molecular complexity index is 1210. The second-order valence-electron chi connectivity index (χ2n) is 11.8. The van der Waals surface area contributed by atoms with Crippen molar-refractivity contribution in [2.24, 2.45) is 0 Å². The molecule has 0 bridgehead atoms. The predicted octanol–water partition coefficient (Wildman–Crippen LogP) is 10.4. The Balaban J connectivity index is 2.04. The first-order valence-electron chi connectivity index (χ1n) is 12.7. The number of halogens is 2. The van der Waals surface area contributed by atoms with Gasteiger partial charge in [-0.05, 0) is 0 Å². The van der Waals surface area contributed by atoms with Crippen LogP contribution >= 0.6 is 17.0 Å². The molecule has 0 nitrogen and oxygen atoms in total. The second-order valence-corrected chi connectivity index (χ2v) is 20.6. The molecule has 0 aliphatic heterocycles. The van der Waals surface area contributed by atoms with Crippen molar-refractivity contribution in [1.29, 1.82) is 0 Å². The fourth-order valence-corrected chi connectivity index (χ4v) is 10.2. The second kappa shape index (κ2) is 10.3. The van der Waals surface area contributed by atoms with Gasteiger partial charge in [0.1, 0.15) is 0 Å². The van der Waals surface area contributed by atoms with Crippen molar-refractivity contribution in [3.63, 3.8) is 0 Å². The summed E-state index contributed by atoms with van der Waals surface area (Å²) in [6.07, 6.45) is 4.57. The maximum atomic E-state index is 6.85. The van der Waals surface area contributed by atoms with Crippen molar-refractivity contribution in [3.05, 3.63) is 94.0 Å². The molecule has 0 radical (unpaired) electrons. The molecular formula is C32H37Cl2Zr. The van der Waals surface area contributed by atoms with Crippen molar-refractivity contribution >= 4 is 28.7 Å². The van der Waals surface area contributed by atoms with E-state index in [4.69, 9.17) is 17.0 Å². The summed E-state index contributed by atoms with van der Waals surface area (Å²) in [5.41, 5.74) is 12.2. The Hall–Kier alpha value is -1.14. The maximum absolute atomic E-state index is 6.85. The van der Waals surface area contributed by atoms with Crippen LogP contribution in [0.5, 0.6) is 0 Å². The fraction of sp³-hybridized carbons (Fsp3) is 0.375. The molecule has 3 aromatic rings. The number of allylic oxidation sites excluding steroid dienone is 1. The molecule has 0 saturated heterocycles. The molecule has 0 N–H and O–H groups in total. The molecule has 3 heteroatoms. The van der Waals surface area contributed by atoms with Gasteiger partial charge in [-0.2, -0.15) is 0 Å². The molecule has 0 amide bonds. The zero-order valence-electron chi connectivity index (χ0n) is 22.1. The normalized spacial score (nSPS) is 15.7. The van der Waals surface area contributed by atoms with Crippen molar-refractivity contribution in [3.8, 4) is 11.1 Å². The van der Waals surface area contributed by atoms with Crippen LogP contribution in [-0.4, -0.2) is 0 Å². The minimum atomic E-state index is -2.66. The SMILES string of the molecule is CCCc1ccc2c(c1-c1cc(C(C)(C)C)cc(C(C)(C)C)c1)C=C(c1ccccc1)[CH]2[Zr]([Cl])[Cl]. The monoisotopic (exact) mass is 581 g/mol. The van der Waals surface area contributed by atoms with E-state index in [0.29, 0.717) is 0 Å². The van der Waals surface area contributed by atoms with Gasteiger partial charge >= 0.3 is 229 Å². The Morgan fingerprint density at radius 1 is 0.771 bits per heavy atom. The van der Waals surface area contributed by atoms with E-state index in [-0.39, 0.29) is 14.5 Å². The van der Waals surface area contributed by atoms with Crippen LogP contribution in [0.2, 0.25) is 0 Å². The van der Waals surface area contributed by atoms with Gasteiger partial charge in [-0.1, -0.05) is 0 Å². The van der Waals surface area contributed by atoms with Gasteiger partial charge in [-0.15, -0.1) is 0 Å². The third kappa shape index (κ3) is 5.59. The van der Waals surface area contributed by atoms with E-state index in [1.54, 1.807) is 0 Å². The summed E-state index contributed by atoms with van der Waals surface area (Å²) in [7, 11) is 13.7. The molecular weight excluding hydrogens is 546 g/mol. The molecule has 0 spiro atoms. The van der Waals surface area contributed by atoms with Gasteiger partial charge in [0.25, 0.3) is 0 Å². The third-order valence-electron chi connectivity index (χ3n) is 7.09. The van der Waals surface area contributed by atoms with Gasteiger partial charge in [-0.3, -0.25) is 0 Å². The molecule has 0 fully saturated rings. The molecule has 3 aromatic carbocycles. The van der Waals surface area contributed by atoms with Crippen LogP contribution in [0.15, 0.2) is 60.7 Å². The molecule has 1 unspecified atom stereocenters. The van der Waals surface area contributed by atoms with Gasteiger partial charge in [-0.25, -0.2) is 0 Å².